The summed E-state index contributed by atoms with van der Waals surface area (Å²) in [5.74, 6) is 0. The number of aryl methyl sites for hydroxylation is 2. The second-order valence-corrected chi connectivity index (χ2v) is 4.93. The summed E-state index contributed by atoms with van der Waals surface area (Å²) in [6.07, 6.45) is 0. The zero-order valence-corrected chi connectivity index (χ0v) is 11.8. The Hall–Kier alpha value is -1.80. The van der Waals surface area contributed by atoms with Crippen LogP contribution < -0.4 is 5.32 Å². The molecule has 0 atom stereocenters. The van der Waals surface area contributed by atoms with Crippen molar-refractivity contribution in [3.63, 3.8) is 0 Å². The lowest BCUT2D eigenvalue weighted by Gasteiger charge is -2.09. The van der Waals surface area contributed by atoms with Gasteiger partial charge in [-0.15, -0.1) is 0 Å². The first-order valence-corrected chi connectivity index (χ1v) is 6.35. The van der Waals surface area contributed by atoms with Gasteiger partial charge in [0.05, 0.1) is 17.3 Å². The summed E-state index contributed by atoms with van der Waals surface area (Å²) >= 11 is 3.45. The van der Waals surface area contributed by atoms with Crippen molar-refractivity contribution in [1.29, 1.82) is 5.26 Å². The number of aromatic amines is 1. The largest absolute Gasteiger partial charge is 0.380 e. The van der Waals surface area contributed by atoms with Gasteiger partial charge in [0, 0.05) is 28.0 Å². The molecule has 92 valence electrons. The molecule has 1 aromatic heterocycles. The summed E-state index contributed by atoms with van der Waals surface area (Å²) in [6.45, 7) is 4.69. The number of rotatable bonds is 3. The fourth-order valence-corrected chi connectivity index (χ4v) is 2.27. The van der Waals surface area contributed by atoms with Crippen LogP contribution >= 0.6 is 15.9 Å². The Kier molecular flexibility index (Phi) is 3.68. The zero-order valence-electron chi connectivity index (χ0n) is 10.2. The van der Waals surface area contributed by atoms with E-state index in [0.29, 0.717) is 12.1 Å². The highest BCUT2D eigenvalue weighted by molar-refractivity contribution is 9.10. The van der Waals surface area contributed by atoms with E-state index in [1.54, 1.807) is 12.1 Å². The van der Waals surface area contributed by atoms with E-state index in [1.807, 2.05) is 19.9 Å². The van der Waals surface area contributed by atoms with Gasteiger partial charge in [-0.05, 0) is 48.0 Å². The molecule has 1 heterocycles. The zero-order chi connectivity index (χ0) is 13.1. The third-order valence-electron chi connectivity index (χ3n) is 2.83. The lowest BCUT2D eigenvalue weighted by Crippen LogP contribution is -2.02. The lowest BCUT2D eigenvalue weighted by atomic mass is 10.2. The highest BCUT2D eigenvalue weighted by Gasteiger charge is 2.07. The molecule has 0 amide bonds. The molecule has 0 bridgehead atoms. The van der Waals surface area contributed by atoms with Gasteiger partial charge in [0.1, 0.15) is 0 Å². The number of aromatic nitrogens is 2. The van der Waals surface area contributed by atoms with Gasteiger partial charge < -0.3 is 5.32 Å². The third kappa shape index (κ3) is 2.54. The Morgan fingerprint density at radius 2 is 2.22 bits per heavy atom. The normalized spacial score (nSPS) is 10.1. The average Bonchev–Trinajstić information content (AvgIpc) is 2.68. The molecule has 0 spiro atoms. The Morgan fingerprint density at radius 3 is 2.78 bits per heavy atom. The van der Waals surface area contributed by atoms with Gasteiger partial charge in [-0.25, -0.2) is 0 Å². The van der Waals surface area contributed by atoms with Crippen molar-refractivity contribution in [2.75, 3.05) is 5.32 Å². The number of H-pyrrole nitrogens is 1. The quantitative estimate of drug-likeness (QED) is 0.914. The molecular formula is C13H13BrN4. The van der Waals surface area contributed by atoms with Gasteiger partial charge in [-0.3, -0.25) is 5.10 Å². The van der Waals surface area contributed by atoms with Crippen LogP contribution in [0.3, 0.4) is 0 Å². The van der Waals surface area contributed by atoms with Crippen LogP contribution in [-0.4, -0.2) is 10.2 Å². The van der Waals surface area contributed by atoms with Crippen LogP contribution in [0.25, 0.3) is 0 Å². The molecule has 18 heavy (non-hydrogen) atoms. The van der Waals surface area contributed by atoms with Crippen LogP contribution in [0, 0.1) is 25.2 Å². The smallest absolute Gasteiger partial charge is 0.0992 e. The third-order valence-corrected chi connectivity index (χ3v) is 3.49. The van der Waals surface area contributed by atoms with Gasteiger partial charge in [-0.1, -0.05) is 0 Å². The molecule has 2 rings (SSSR count). The number of hydrogen-bond donors (Lipinski definition) is 2. The Bertz CT molecular complexity index is 590. The van der Waals surface area contributed by atoms with Gasteiger partial charge >= 0.3 is 0 Å². The summed E-state index contributed by atoms with van der Waals surface area (Å²) in [6, 6.07) is 7.60. The second-order valence-electron chi connectivity index (χ2n) is 4.07. The molecule has 0 radical (unpaired) electrons. The molecule has 0 aliphatic heterocycles. The van der Waals surface area contributed by atoms with E-state index in [4.69, 9.17) is 5.26 Å². The number of hydrogen-bond acceptors (Lipinski definition) is 3. The number of halogens is 1. The average molecular weight is 305 g/mol. The molecule has 1 aromatic carbocycles. The van der Waals surface area contributed by atoms with Crippen molar-refractivity contribution in [2.24, 2.45) is 0 Å². The number of nitrogens with one attached hydrogen (secondary N) is 2. The van der Waals surface area contributed by atoms with Crippen molar-refractivity contribution in [3.05, 3.63) is 45.2 Å². The summed E-state index contributed by atoms with van der Waals surface area (Å²) in [5, 5.41) is 19.3. The summed E-state index contributed by atoms with van der Waals surface area (Å²) < 4.78 is 0.889. The first-order chi connectivity index (χ1) is 8.61. The maximum Gasteiger partial charge on any atom is 0.0992 e. The fourth-order valence-electron chi connectivity index (χ4n) is 1.75. The van der Waals surface area contributed by atoms with Gasteiger partial charge in [0.15, 0.2) is 0 Å². The minimum atomic E-state index is 0.642. The molecule has 2 N–H and O–H groups in total. The molecule has 0 aliphatic carbocycles. The molecule has 0 saturated carbocycles. The monoisotopic (exact) mass is 304 g/mol. The minimum absolute atomic E-state index is 0.642. The van der Waals surface area contributed by atoms with Crippen molar-refractivity contribution in [1.82, 2.24) is 10.2 Å². The van der Waals surface area contributed by atoms with Gasteiger partial charge in [0.2, 0.25) is 0 Å². The fraction of sp³-hybridized carbons (Fsp3) is 0.231. The Balaban J connectivity index is 2.14. The van der Waals surface area contributed by atoms with Crippen LogP contribution in [0.2, 0.25) is 0 Å². The first kappa shape index (κ1) is 12.7. The van der Waals surface area contributed by atoms with E-state index in [0.717, 1.165) is 21.5 Å². The summed E-state index contributed by atoms with van der Waals surface area (Å²) in [7, 11) is 0. The van der Waals surface area contributed by atoms with Crippen LogP contribution in [-0.2, 0) is 6.54 Å². The van der Waals surface area contributed by atoms with E-state index in [-0.39, 0.29) is 0 Å². The van der Waals surface area contributed by atoms with E-state index in [1.165, 1.54) is 5.56 Å². The minimum Gasteiger partial charge on any atom is -0.380 e. The number of nitriles is 1. The van der Waals surface area contributed by atoms with Crippen LogP contribution in [0.5, 0.6) is 0 Å². The van der Waals surface area contributed by atoms with Crippen LogP contribution in [0.15, 0.2) is 22.7 Å². The Morgan fingerprint density at radius 1 is 1.44 bits per heavy atom. The molecule has 0 fully saturated rings. The van der Waals surface area contributed by atoms with E-state index in [2.05, 4.69) is 37.5 Å². The number of nitrogens with zero attached hydrogens (tertiary/aromatic N) is 2. The number of benzene rings is 1. The Labute approximate surface area is 114 Å². The maximum absolute atomic E-state index is 8.80. The standard InChI is InChI=1S/C13H13BrN4/c1-8-11(9(2)18-17-8)7-16-13-4-3-10(6-15)5-12(13)14/h3-5,16H,7H2,1-2H3,(H,17,18). The van der Waals surface area contributed by atoms with E-state index >= 15 is 0 Å². The molecule has 5 heteroatoms. The van der Waals surface area contributed by atoms with Crippen molar-refractivity contribution in [3.8, 4) is 6.07 Å². The van der Waals surface area contributed by atoms with Gasteiger partial charge in [0.25, 0.3) is 0 Å². The van der Waals surface area contributed by atoms with E-state index in [9.17, 15) is 0 Å². The maximum atomic E-state index is 8.80. The topological polar surface area (TPSA) is 64.5 Å². The number of anilines is 1. The van der Waals surface area contributed by atoms with Crippen molar-refractivity contribution in [2.45, 2.75) is 20.4 Å². The molecule has 4 nitrogen and oxygen atoms in total. The van der Waals surface area contributed by atoms with Crippen molar-refractivity contribution < 1.29 is 0 Å². The summed E-state index contributed by atoms with van der Waals surface area (Å²) in [5.41, 5.74) is 4.86. The highest BCUT2D eigenvalue weighted by atomic mass is 79.9. The van der Waals surface area contributed by atoms with E-state index < -0.39 is 0 Å². The molecular weight excluding hydrogens is 292 g/mol. The lowest BCUT2D eigenvalue weighted by molar-refractivity contribution is 1.02. The SMILES string of the molecule is Cc1n[nH]c(C)c1CNc1ccc(C#N)cc1Br. The molecule has 0 saturated heterocycles. The van der Waals surface area contributed by atoms with Crippen LogP contribution in [0.1, 0.15) is 22.5 Å². The molecule has 0 aliphatic rings. The van der Waals surface area contributed by atoms with Crippen LogP contribution in [0.4, 0.5) is 5.69 Å². The van der Waals surface area contributed by atoms with Gasteiger partial charge in [-0.2, -0.15) is 10.4 Å². The molecule has 0 unspecified atom stereocenters. The molecule has 2 aromatic rings. The summed E-state index contributed by atoms with van der Waals surface area (Å²) in [4.78, 5) is 0. The second kappa shape index (κ2) is 5.23. The predicted octanol–water partition coefficient (Wildman–Crippen LogP) is 3.27. The predicted molar refractivity (Wildman–Crippen MR) is 74.2 cm³/mol. The van der Waals surface area contributed by atoms with Crippen molar-refractivity contribution >= 4 is 21.6 Å². The highest BCUT2D eigenvalue weighted by Crippen LogP contribution is 2.24. The first-order valence-electron chi connectivity index (χ1n) is 5.55.